The van der Waals surface area contributed by atoms with Gasteiger partial charge < -0.3 is 19.5 Å². The first-order chi connectivity index (χ1) is 17.5. The molecule has 9 heteroatoms. The van der Waals surface area contributed by atoms with Crippen LogP contribution in [-0.4, -0.2) is 50.4 Å². The minimum atomic E-state index is -0.442. The van der Waals surface area contributed by atoms with E-state index in [0.717, 1.165) is 42.3 Å². The van der Waals surface area contributed by atoms with Gasteiger partial charge in [0.25, 0.3) is 5.91 Å². The first-order valence-electron chi connectivity index (χ1n) is 12.0. The first-order valence-corrected chi connectivity index (χ1v) is 12.0. The smallest absolute Gasteiger partial charge is 0.340 e. The molecule has 0 aliphatic heterocycles. The molecule has 1 N–H and O–H groups in total. The van der Waals surface area contributed by atoms with Gasteiger partial charge in [-0.05, 0) is 36.6 Å². The number of rotatable bonds is 7. The van der Waals surface area contributed by atoms with Crippen LogP contribution in [-0.2, 0) is 11.3 Å². The molecule has 5 rings (SSSR count). The second-order valence-corrected chi connectivity index (χ2v) is 9.13. The number of hydrogen-bond donors (Lipinski definition) is 1. The van der Waals surface area contributed by atoms with E-state index >= 15 is 0 Å². The molecule has 0 saturated heterocycles. The molecule has 4 aromatic rings. The highest BCUT2D eigenvalue weighted by atomic mass is 16.5. The van der Waals surface area contributed by atoms with Crippen LogP contribution in [0.2, 0.25) is 0 Å². The molecule has 0 atom stereocenters. The molecule has 1 fully saturated rings. The van der Waals surface area contributed by atoms with Gasteiger partial charge in [-0.15, -0.1) is 0 Å². The van der Waals surface area contributed by atoms with Crippen molar-refractivity contribution in [3.05, 3.63) is 77.7 Å². The standard InChI is InChI=1S/C27H28N6O3/c1-32(2)25(34)22-14-20-16-29-27(31-24(20)33(22)21-10-6-7-11-21)30-23-13-12-19(15-28-23)26(35)36-17-18-8-4-3-5-9-18/h3-5,8-9,12-16,21H,6-7,10-11,17H2,1-2H3,(H,28,29,30,31). The first kappa shape index (κ1) is 23.5. The molecule has 1 saturated carbocycles. The van der Waals surface area contributed by atoms with Crippen molar-refractivity contribution < 1.29 is 14.3 Å². The largest absolute Gasteiger partial charge is 0.457 e. The molecule has 3 aromatic heterocycles. The summed E-state index contributed by atoms with van der Waals surface area (Å²) in [6.45, 7) is 0.201. The highest BCUT2D eigenvalue weighted by Gasteiger charge is 2.26. The molecule has 9 nitrogen and oxygen atoms in total. The monoisotopic (exact) mass is 484 g/mol. The lowest BCUT2D eigenvalue weighted by atomic mass is 10.2. The summed E-state index contributed by atoms with van der Waals surface area (Å²) in [4.78, 5) is 40.3. The van der Waals surface area contributed by atoms with Gasteiger partial charge in [0.15, 0.2) is 0 Å². The Morgan fingerprint density at radius 1 is 1.06 bits per heavy atom. The van der Waals surface area contributed by atoms with Crippen LogP contribution in [0.5, 0.6) is 0 Å². The molecule has 3 heterocycles. The Hall–Kier alpha value is -4.27. The minimum absolute atomic E-state index is 0.0502. The summed E-state index contributed by atoms with van der Waals surface area (Å²) in [6, 6.07) is 15.0. The second kappa shape index (κ2) is 10.2. The third-order valence-corrected chi connectivity index (χ3v) is 6.34. The fourth-order valence-electron chi connectivity index (χ4n) is 4.50. The van der Waals surface area contributed by atoms with E-state index in [4.69, 9.17) is 9.72 Å². The van der Waals surface area contributed by atoms with Crippen molar-refractivity contribution in [2.45, 2.75) is 38.3 Å². The van der Waals surface area contributed by atoms with Crippen molar-refractivity contribution in [3.63, 3.8) is 0 Å². The Labute approximate surface area is 209 Å². The number of amides is 1. The van der Waals surface area contributed by atoms with Gasteiger partial charge in [-0.1, -0.05) is 43.2 Å². The average Bonchev–Trinajstić information content (AvgIpc) is 3.55. The van der Waals surface area contributed by atoms with Crippen LogP contribution in [0.1, 0.15) is 58.1 Å². The van der Waals surface area contributed by atoms with Crippen LogP contribution in [0, 0.1) is 0 Å². The van der Waals surface area contributed by atoms with E-state index in [1.54, 1.807) is 37.3 Å². The molecule has 1 amide bonds. The van der Waals surface area contributed by atoms with E-state index in [2.05, 4.69) is 19.9 Å². The van der Waals surface area contributed by atoms with Crippen molar-refractivity contribution >= 4 is 34.7 Å². The molecule has 0 unspecified atom stereocenters. The number of nitrogens with one attached hydrogen (secondary N) is 1. The summed E-state index contributed by atoms with van der Waals surface area (Å²) in [6.07, 6.45) is 7.50. The van der Waals surface area contributed by atoms with E-state index in [1.165, 1.54) is 6.20 Å². The third kappa shape index (κ3) is 4.91. The lowest BCUT2D eigenvalue weighted by Crippen LogP contribution is -2.25. The van der Waals surface area contributed by atoms with Crippen LogP contribution in [0.15, 0.2) is 60.9 Å². The second-order valence-electron chi connectivity index (χ2n) is 9.13. The number of carbonyl (C=O) groups excluding carboxylic acids is 2. The Balaban J connectivity index is 1.34. The molecule has 36 heavy (non-hydrogen) atoms. The van der Waals surface area contributed by atoms with Crippen molar-refractivity contribution in [1.82, 2.24) is 24.4 Å². The van der Waals surface area contributed by atoms with Gasteiger partial charge in [0, 0.05) is 37.9 Å². The number of benzene rings is 1. The number of hydrogen-bond acceptors (Lipinski definition) is 7. The van der Waals surface area contributed by atoms with Gasteiger partial charge in [0.05, 0.1) is 5.56 Å². The zero-order valence-corrected chi connectivity index (χ0v) is 20.3. The molecule has 1 aromatic carbocycles. The molecular formula is C27H28N6O3. The highest BCUT2D eigenvalue weighted by Crippen LogP contribution is 2.34. The van der Waals surface area contributed by atoms with Gasteiger partial charge >= 0.3 is 5.97 Å². The number of nitrogens with zero attached hydrogens (tertiary/aromatic N) is 5. The van der Waals surface area contributed by atoms with E-state index < -0.39 is 5.97 Å². The summed E-state index contributed by atoms with van der Waals surface area (Å²) < 4.78 is 7.43. The van der Waals surface area contributed by atoms with E-state index in [0.29, 0.717) is 23.0 Å². The fourth-order valence-corrected chi connectivity index (χ4v) is 4.50. The Morgan fingerprint density at radius 2 is 1.83 bits per heavy atom. The SMILES string of the molecule is CN(C)C(=O)c1cc2cnc(Nc3ccc(C(=O)OCc4ccccc4)cn3)nc2n1C1CCCC1. The maximum Gasteiger partial charge on any atom is 0.340 e. The van der Waals surface area contributed by atoms with Crippen molar-refractivity contribution in [1.29, 1.82) is 0 Å². The summed E-state index contributed by atoms with van der Waals surface area (Å²) >= 11 is 0. The van der Waals surface area contributed by atoms with E-state index in [9.17, 15) is 9.59 Å². The molecule has 0 spiro atoms. The van der Waals surface area contributed by atoms with Crippen molar-refractivity contribution in [3.8, 4) is 0 Å². The zero-order valence-electron chi connectivity index (χ0n) is 20.3. The number of ether oxygens (including phenoxy) is 1. The van der Waals surface area contributed by atoms with E-state index in [1.807, 2.05) is 36.4 Å². The lowest BCUT2D eigenvalue weighted by molar-refractivity contribution is 0.0472. The Kier molecular flexibility index (Phi) is 6.62. The van der Waals surface area contributed by atoms with Gasteiger partial charge in [0.1, 0.15) is 23.8 Å². The molecular weight excluding hydrogens is 456 g/mol. The van der Waals surface area contributed by atoms with Gasteiger partial charge in [0.2, 0.25) is 5.95 Å². The highest BCUT2D eigenvalue weighted by molar-refractivity contribution is 5.98. The van der Waals surface area contributed by atoms with Crippen molar-refractivity contribution in [2.24, 2.45) is 0 Å². The predicted octanol–water partition coefficient (Wildman–Crippen LogP) is 4.74. The number of fused-ring (bicyclic) bond motifs is 1. The summed E-state index contributed by atoms with van der Waals surface area (Å²) in [5.74, 6) is 0.377. The maximum absolute atomic E-state index is 12.9. The number of anilines is 2. The Bertz CT molecular complexity index is 1380. The number of pyridine rings is 1. The number of carbonyl (C=O) groups is 2. The minimum Gasteiger partial charge on any atom is -0.457 e. The van der Waals surface area contributed by atoms with Gasteiger partial charge in [-0.2, -0.15) is 4.98 Å². The van der Waals surface area contributed by atoms with Crippen molar-refractivity contribution in [2.75, 3.05) is 19.4 Å². The summed E-state index contributed by atoms with van der Waals surface area (Å²) in [5.41, 5.74) is 2.63. The van der Waals surface area contributed by atoms with Crippen LogP contribution < -0.4 is 5.32 Å². The van der Waals surface area contributed by atoms with Gasteiger partial charge in [-0.25, -0.2) is 14.8 Å². The fraction of sp³-hybridized carbons (Fsp3) is 0.296. The van der Waals surface area contributed by atoms with Crippen LogP contribution in [0.25, 0.3) is 11.0 Å². The maximum atomic E-state index is 12.9. The Morgan fingerprint density at radius 3 is 2.53 bits per heavy atom. The quantitative estimate of drug-likeness (QED) is 0.378. The van der Waals surface area contributed by atoms with E-state index in [-0.39, 0.29) is 18.6 Å². The molecule has 1 aliphatic carbocycles. The lowest BCUT2D eigenvalue weighted by Gasteiger charge is -2.19. The average molecular weight is 485 g/mol. The zero-order chi connectivity index (χ0) is 25.1. The van der Waals surface area contributed by atoms with Gasteiger partial charge in [-0.3, -0.25) is 4.79 Å². The van der Waals surface area contributed by atoms with Crippen LogP contribution in [0.3, 0.4) is 0 Å². The number of aromatic nitrogens is 4. The third-order valence-electron chi connectivity index (χ3n) is 6.34. The van der Waals surface area contributed by atoms with Crippen LogP contribution >= 0.6 is 0 Å². The predicted molar refractivity (Wildman–Crippen MR) is 136 cm³/mol. The summed E-state index contributed by atoms with van der Waals surface area (Å²) in [5, 5.41) is 3.93. The normalized spacial score (nSPS) is 13.6. The molecule has 184 valence electrons. The number of esters is 1. The van der Waals surface area contributed by atoms with Crippen LogP contribution in [0.4, 0.5) is 11.8 Å². The summed E-state index contributed by atoms with van der Waals surface area (Å²) in [7, 11) is 3.51. The molecule has 0 radical (unpaired) electrons. The topological polar surface area (TPSA) is 102 Å². The molecule has 1 aliphatic rings. The molecule has 0 bridgehead atoms.